The van der Waals surface area contributed by atoms with Gasteiger partial charge in [-0.2, -0.15) is 0 Å². The summed E-state index contributed by atoms with van der Waals surface area (Å²) in [6, 6.07) is 0. The van der Waals surface area contributed by atoms with Crippen molar-refractivity contribution >= 4 is 33.8 Å². The Balaban J connectivity index is 2.30. The summed E-state index contributed by atoms with van der Waals surface area (Å²) in [5.41, 5.74) is 7.41. The Kier molecular flexibility index (Phi) is 3.10. The summed E-state index contributed by atoms with van der Waals surface area (Å²) in [4.78, 5) is 13.7. The normalized spacial score (nSPS) is 10.3. The van der Waals surface area contributed by atoms with Gasteiger partial charge in [0.2, 0.25) is 0 Å². The number of hydrogen-bond donors (Lipinski definition) is 3. The van der Waals surface area contributed by atoms with Gasteiger partial charge in [0.25, 0.3) is 0 Å². The molecule has 0 saturated carbocycles. The SMILES string of the molecule is CNc1ncnc(Nc2nc(C)c(C)s2)c1N. The van der Waals surface area contributed by atoms with Crippen molar-refractivity contribution in [3.63, 3.8) is 0 Å². The van der Waals surface area contributed by atoms with Crippen molar-refractivity contribution < 1.29 is 0 Å². The van der Waals surface area contributed by atoms with Gasteiger partial charge in [0.1, 0.15) is 12.0 Å². The summed E-state index contributed by atoms with van der Waals surface area (Å²) in [5.74, 6) is 1.17. The van der Waals surface area contributed by atoms with Gasteiger partial charge in [-0.15, -0.1) is 11.3 Å². The summed E-state index contributed by atoms with van der Waals surface area (Å²) >= 11 is 1.57. The summed E-state index contributed by atoms with van der Waals surface area (Å²) in [5, 5.41) is 6.79. The third-order valence-corrected chi connectivity index (χ3v) is 3.36. The van der Waals surface area contributed by atoms with Crippen LogP contribution in [-0.2, 0) is 0 Å². The van der Waals surface area contributed by atoms with Gasteiger partial charge in [-0.05, 0) is 13.8 Å². The van der Waals surface area contributed by atoms with Gasteiger partial charge >= 0.3 is 0 Å². The molecule has 0 atom stereocenters. The molecule has 0 fully saturated rings. The molecule has 0 unspecified atom stereocenters. The van der Waals surface area contributed by atoms with E-state index in [2.05, 4.69) is 25.6 Å². The van der Waals surface area contributed by atoms with Crippen LogP contribution in [0, 0.1) is 13.8 Å². The van der Waals surface area contributed by atoms with E-state index in [4.69, 9.17) is 5.73 Å². The van der Waals surface area contributed by atoms with Crippen molar-refractivity contribution in [2.75, 3.05) is 23.4 Å². The van der Waals surface area contributed by atoms with Crippen LogP contribution in [-0.4, -0.2) is 22.0 Å². The lowest BCUT2D eigenvalue weighted by atomic mass is 10.4. The van der Waals surface area contributed by atoms with E-state index in [0.29, 0.717) is 17.3 Å². The Morgan fingerprint density at radius 1 is 1.24 bits per heavy atom. The largest absolute Gasteiger partial charge is 0.393 e. The van der Waals surface area contributed by atoms with E-state index in [1.165, 1.54) is 11.2 Å². The molecule has 0 aromatic carbocycles. The molecule has 0 amide bonds. The van der Waals surface area contributed by atoms with Gasteiger partial charge in [0.15, 0.2) is 16.8 Å². The Labute approximate surface area is 103 Å². The third-order valence-electron chi connectivity index (χ3n) is 2.37. The van der Waals surface area contributed by atoms with E-state index in [1.807, 2.05) is 13.8 Å². The maximum Gasteiger partial charge on any atom is 0.188 e. The Morgan fingerprint density at radius 2 is 1.94 bits per heavy atom. The molecule has 6 nitrogen and oxygen atoms in total. The smallest absolute Gasteiger partial charge is 0.188 e. The number of anilines is 4. The summed E-state index contributed by atoms with van der Waals surface area (Å²) in [6.07, 6.45) is 1.46. The highest BCUT2D eigenvalue weighted by Gasteiger charge is 2.09. The molecule has 0 aliphatic carbocycles. The fourth-order valence-corrected chi connectivity index (χ4v) is 2.14. The van der Waals surface area contributed by atoms with Crippen LogP contribution < -0.4 is 16.4 Å². The van der Waals surface area contributed by atoms with Crippen LogP contribution in [0.15, 0.2) is 6.33 Å². The van der Waals surface area contributed by atoms with Crippen molar-refractivity contribution in [1.29, 1.82) is 0 Å². The maximum atomic E-state index is 5.91. The molecule has 0 bridgehead atoms. The highest BCUT2D eigenvalue weighted by atomic mass is 32.1. The summed E-state index contributed by atoms with van der Waals surface area (Å²) in [7, 11) is 1.76. The molecule has 2 rings (SSSR count). The van der Waals surface area contributed by atoms with Crippen molar-refractivity contribution in [3.8, 4) is 0 Å². The Hall–Kier alpha value is -1.89. The molecular formula is C10H14N6S. The second-order valence-electron chi connectivity index (χ2n) is 3.52. The van der Waals surface area contributed by atoms with Crippen LogP contribution in [0.5, 0.6) is 0 Å². The highest BCUT2D eigenvalue weighted by molar-refractivity contribution is 7.15. The second-order valence-corrected chi connectivity index (χ2v) is 4.72. The van der Waals surface area contributed by atoms with Crippen LogP contribution in [0.1, 0.15) is 10.6 Å². The average Bonchev–Trinajstić information content (AvgIpc) is 2.61. The molecule has 2 aromatic heterocycles. The number of aryl methyl sites for hydroxylation is 2. The van der Waals surface area contributed by atoms with E-state index >= 15 is 0 Å². The minimum Gasteiger partial charge on any atom is -0.393 e. The quantitative estimate of drug-likeness (QED) is 0.771. The lowest BCUT2D eigenvalue weighted by Crippen LogP contribution is -2.04. The number of thiazole rings is 1. The summed E-state index contributed by atoms with van der Waals surface area (Å²) < 4.78 is 0. The monoisotopic (exact) mass is 250 g/mol. The number of nitrogens with zero attached hydrogens (tertiary/aromatic N) is 3. The van der Waals surface area contributed by atoms with Crippen molar-refractivity contribution in [1.82, 2.24) is 15.0 Å². The number of nitrogens with one attached hydrogen (secondary N) is 2. The standard InChI is InChI=1S/C10H14N6S/c1-5-6(2)17-10(15-5)16-9-7(11)8(12-3)13-4-14-9/h4H,11H2,1-3H3,(H2,12,13,14,15,16). The molecular weight excluding hydrogens is 236 g/mol. The van der Waals surface area contributed by atoms with Crippen LogP contribution in [0.25, 0.3) is 0 Å². The predicted molar refractivity (Wildman–Crippen MR) is 70.9 cm³/mol. The van der Waals surface area contributed by atoms with Crippen LogP contribution in [0.3, 0.4) is 0 Å². The van der Waals surface area contributed by atoms with Gasteiger partial charge in [0, 0.05) is 11.9 Å². The molecule has 90 valence electrons. The average molecular weight is 250 g/mol. The first kappa shape index (κ1) is 11.6. The van der Waals surface area contributed by atoms with Gasteiger partial charge in [0.05, 0.1) is 5.69 Å². The molecule has 0 spiro atoms. The van der Waals surface area contributed by atoms with Gasteiger partial charge in [-0.3, -0.25) is 0 Å². The first-order valence-electron chi connectivity index (χ1n) is 5.11. The zero-order valence-corrected chi connectivity index (χ0v) is 10.7. The van der Waals surface area contributed by atoms with E-state index in [0.717, 1.165) is 10.8 Å². The topological polar surface area (TPSA) is 88.8 Å². The van der Waals surface area contributed by atoms with Gasteiger partial charge in [-0.25, -0.2) is 15.0 Å². The van der Waals surface area contributed by atoms with E-state index in [9.17, 15) is 0 Å². The summed E-state index contributed by atoms with van der Waals surface area (Å²) in [6.45, 7) is 4.00. The van der Waals surface area contributed by atoms with Crippen LogP contribution in [0.4, 0.5) is 22.5 Å². The molecule has 2 heterocycles. The second kappa shape index (κ2) is 4.54. The van der Waals surface area contributed by atoms with E-state index in [-0.39, 0.29) is 0 Å². The van der Waals surface area contributed by atoms with Crippen molar-refractivity contribution in [2.24, 2.45) is 0 Å². The first-order valence-corrected chi connectivity index (χ1v) is 5.92. The number of hydrogen-bond acceptors (Lipinski definition) is 7. The van der Waals surface area contributed by atoms with Crippen LogP contribution >= 0.6 is 11.3 Å². The molecule has 0 aliphatic heterocycles. The fraction of sp³-hybridized carbons (Fsp3) is 0.300. The predicted octanol–water partition coefficient (Wildman–Crippen LogP) is 1.92. The minimum absolute atomic E-state index is 0.487. The zero-order valence-electron chi connectivity index (χ0n) is 9.90. The van der Waals surface area contributed by atoms with Crippen molar-refractivity contribution in [3.05, 3.63) is 16.9 Å². The first-order chi connectivity index (χ1) is 8.11. The highest BCUT2D eigenvalue weighted by Crippen LogP contribution is 2.28. The van der Waals surface area contributed by atoms with Crippen LogP contribution in [0.2, 0.25) is 0 Å². The molecule has 0 saturated heterocycles. The van der Waals surface area contributed by atoms with E-state index < -0.39 is 0 Å². The maximum absolute atomic E-state index is 5.91. The molecule has 0 radical (unpaired) electrons. The van der Waals surface area contributed by atoms with Gasteiger partial charge in [-0.1, -0.05) is 0 Å². The number of rotatable bonds is 3. The molecule has 4 N–H and O–H groups in total. The Bertz CT molecular complexity index is 516. The lowest BCUT2D eigenvalue weighted by Gasteiger charge is -2.08. The van der Waals surface area contributed by atoms with E-state index in [1.54, 1.807) is 18.4 Å². The number of nitrogens with two attached hydrogens (primary N) is 1. The van der Waals surface area contributed by atoms with Gasteiger partial charge < -0.3 is 16.4 Å². The van der Waals surface area contributed by atoms with Crippen molar-refractivity contribution in [2.45, 2.75) is 13.8 Å². The molecule has 2 aromatic rings. The minimum atomic E-state index is 0.487. The molecule has 17 heavy (non-hydrogen) atoms. The number of nitrogen functional groups attached to an aromatic ring is 1. The lowest BCUT2D eigenvalue weighted by molar-refractivity contribution is 1.15. The Morgan fingerprint density at radius 3 is 2.53 bits per heavy atom. The molecule has 0 aliphatic rings. The zero-order chi connectivity index (χ0) is 12.4. The number of aromatic nitrogens is 3. The molecule has 7 heteroatoms. The fourth-order valence-electron chi connectivity index (χ4n) is 1.32. The third kappa shape index (κ3) is 2.28.